The van der Waals surface area contributed by atoms with Crippen molar-refractivity contribution in [3.63, 3.8) is 0 Å². The van der Waals surface area contributed by atoms with E-state index in [1.54, 1.807) is 12.1 Å². The van der Waals surface area contributed by atoms with Crippen molar-refractivity contribution >= 4 is 33.2 Å². The summed E-state index contributed by atoms with van der Waals surface area (Å²) in [4.78, 5) is 28.9. The van der Waals surface area contributed by atoms with E-state index in [0.29, 0.717) is 11.8 Å². The Hall–Kier alpha value is -3.12. The van der Waals surface area contributed by atoms with E-state index in [9.17, 15) is 31.2 Å². The molecule has 2 aromatic carbocycles. The van der Waals surface area contributed by atoms with Gasteiger partial charge in [-0.15, -0.1) is 0 Å². The molecule has 0 aliphatic carbocycles. The first-order chi connectivity index (χ1) is 15.0. The highest BCUT2D eigenvalue weighted by Gasteiger charge is 2.32. The maximum absolute atomic E-state index is 12.9. The first-order valence-electron chi connectivity index (χ1n) is 8.98. The van der Waals surface area contributed by atoms with E-state index in [0.717, 1.165) is 41.7 Å². The van der Waals surface area contributed by atoms with Gasteiger partial charge in [-0.2, -0.15) is 13.2 Å². The number of alkyl halides is 3. The van der Waals surface area contributed by atoms with Crippen molar-refractivity contribution in [1.29, 1.82) is 0 Å². The van der Waals surface area contributed by atoms with Gasteiger partial charge >= 0.3 is 6.18 Å². The molecule has 0 spiro atoms. The lowest BCUT2D eigenvalue weighted by Gasteiger charge is -2.09. The van der Waals surface area contributed by atoms with Gasteiger partial charge in [-0.25, -0.2) is 13.4 Å². The van der Waals surface area contributed by atoms with Gasteiger partial charge in [-0.05, 0) is 37.3 Å². The first-order valence-corrected chi connectivity index (χ1v) is 11.4. The molecule has 0 radical (unpaired) electrons. The summed E-state index contributed by atoms with van der Waals surface area (Å²) in [7, 11) is -4.54. The molecule has 0 unspecified atom stereocenters. The number of aromatic nitrogens is 2. The van der Waals surface area contributed by atoms with Crippen LogP contribution in [0.25, 0.3) is 0 Å². The number of thioether (sulfide) groups is 1. The standard InChI is InChI=1S/C20H16F3N3O4S2/c1-12-5-7-14(8-6-12)25-17(27)11-31-19-24-10-16(18(28)26-19)32(29,30)15-4-2-3-13(9-15)20(21,22)23/h2-10H,11H2,1H3,(H,25,27)(H,24,26,28). The van der Waals surface area contributed by atoms with Gasteiger partial charge in [0.15, 0.2) is 10.1 Å². The third-order valence-corrected chi connectivity index (χ3v) is 6.81. The van der Waals surface area contributed by atoms with Crippen LogP contribution >= 0.6 is 11.8 Å². The number of rotatable bonds is 6. The number of aromatic amines is 1. The summed E-state index contributed by atoms with van der Waals surface area (Å²) in [5.41, 5.74) is -0.599. The molecule has 0 fully saturated rings. The minimum atomic E-state index is -4.74. The number of anilines is 1. The molecule has 1 heterocycles. The summed E-state index contributed by atoms with van der Waals surface area (Å²) in [6.07, 6.45) is -3.98. The molecule has 3 aromatic rings. The van der Waals surface area contributed by atoms with Gasteiger partial charge in [0.2, 0.25) is 15.7 Å². The Labute approximate surface area is 185 Å². The van der Waals surface area contributed by atoms with Gasteiger partial charge in [0.25, 0.3) is 5.56 Å². The molecular formula is C20H16F3N3O4S2. The molecule has 0 aliphatic heterocycles. The minimum Gasteiger partial charge on any atom is -0.325 e. The number of aryl methyl sites for hydroxylation is 1. The number of hydrogen-bond acceptors (Lipinski definition) is 6. The van der Waals surface area contributed by atoms with Gasteiger partial charge in [-0.3, -0.25) is 9.59 Å². The summed E-state index contributed by atoms with van der Waals surface area (Å²) in [5.74, 6) is -0.488. The number of nitrogens with one attached hydrogen (secondary N) is 2. The number of sulfone groups is 1. The van der Waals surface area contributed by atoms with Gasteiger partial charge in [-0.1, -0.05) is 35.5 Å². The van der Waals surface area contributed by atoms with Crippen LogP contribution in [0.1, 0.15) is 11.1 Å². The lowest BCUT2D eigenvalue weighted by Crippen LogP contribution is -2.20. The molecule has 1 amide bonds. The molecule has 0 atom stereocenters. The largest absolute Gasteiger partial charge is 0.416 e. The minimum absolute atomic E-state index is 0.0166. The predicted octanol–water partition coefficient (Wildman–Crippen LogP) is 3.66. The Morgan fingerprint density at radius 2 is 1.84 bits per heavy atom. The van der Waals surface area contributed by atoms with Crippen LogP contribution in [-0.2, 0) is 20.8 Å². The van der Waals surface area contributed by atoms with Crippen LogP contribution in [0, 0.1) is 6.92 Å². The van der Waals surface area contributed by atoms with E-state index in [2.05, 4.69) is 15.3 Å². The quantitative estimate of drug-likeness (QED) is 0.409. The average Bonchev–Trinajstić information content (AvgIpc) is 2.73. The zero-order chi connectivity index (χ0) is 23.5. The van der Waals surface area contributed by atoms with Crippen molar-refractivity contribution in [2.45, 2.75) is 28.0 Å². The normalized spacial score (nSPS) is 11.9. The molecule has 0 bridgehead atoms. The highest BCUT2D eigenvalue weighted by Crippen LogP contribution is 2.31. The van der Waals surface area contributed by atoms with Crippen LogP contribution < -0.4 is 10.9 Å². The van der Waals surface area contributed by atoms with E-state index in [1.165, 1.54) is 0 Å². The maximum atomic E-state index is 12.9. The third kappa shape index (κ3) is 5.56. The number of carbonyl (C=O) groups is 1. The van der Waals surface area contributed by atoms with E-state index >= 15 is 0 Å². The van der Waals surface area contributed by atoms with Crippen molar-refractivity contribution in [3.8, 4) is 0 Å². The average molecular weight is 483 g/mol. The van der Waals surface area contributed by atoms with Crippen LogP contribution in [0.3, 0.4) is 0 Å². The highest BCUT2D eigenvalue weighted by molar-refractivity contribution is 7.99. The van der Waals surface area contributed by atoms with Crippen LogP contribution in [0.5, 0.6) is 0 Å². The SMILES string of the molecule is Cc1ccc(NC(=O)CSc2ncc(S(=O)(=O)c3cccc(C(F)(F)F)c3)c(=O)[nH]2)cc1. The van der Waals surface area contributed by atoms with Crippen LogP contribution in [0.2, 0.25) is 0 Å². The molecule has 0 saturated carbocycles. The van der Waals surface area contributed by atoms with Gasteiger partial charge in [0.05, 0.1) is 22.4 Å². The van der Waals surface area contributed by atoms with E-state index in [-0.39, 0.29) is 16.8 Å². The van der Waals surface area contributed by atoms with Crippen molar-refractivity contribution in [1.82, 2.24) is 9.97 Å². The second kappa shape index (κ2) is 9.17. The number of amides is 1. The van der Waals surface area contributed by atoms with Crippen molar-refractivity contribution in [3.05, 3.63) is 76.2 Å². The maximum Gasteiger partial charge on any atom is 0.416 e. The Morgan fingerprint density at radius 3 is 2.47 bits per heavy atom. The first kappa shape index (κ1) is 23.5. The molecule has 2 N–H and O–H groups in total. The lowest BCUT2D eigenvalue weighted by molar-refractivity contribution is -0.137. The van der Waals surface area contributed by atoms with Gasteiger partial charge in [0, 0.05) is 5.69 Å². The molecule has 168 valence electrons. The fourth-order valence-corrected chi connectivity index (χ4v) is 4.48. The summed E-state index contributed by atoms with van der Waals surface area (Å²) in [6, 6.07) is 10.2. The number of benzene rings is 2. The van der Waals surface area contributed by atoms with E-state index in [1.807, 2.05) is 19.1 Å². The molecular weight excluding hydrogens is 467 g/mol. The third-order valence-electron chi connectivity index (χ3n) is 4.18. The van der Waals surface area contributed by atoms with Crippen LogP contribution in [0.4, 0.5) is 18.9 Å². The van der Waals surface area contributed by atoms with Crippen LogP contribution in [0.15, 0.2) is 74.5 Å². The zero-order valence-corrected chi connectivity index (χ0v) is 18.1. The summed E-state index contributed by atoms with van der Waals surface area (Å²) in [5, 5.41) is 2.64. The molecule has 0 saturated heterocycles. The summed E-state index contributed by atoms with van der Waals surface area (Å²) < 4.78 is 63.9. The van der Waals surface area contributed by atoms with Crippen molar-refractivity contribution < 1.29 is 26.4 Å². The number of H-pyrrole nitrogens is 1. The zero-order valence-electron chi connectivity index (χ0n) is 16.4. The molecule has 3 rings (SSSR count). The smallest absolute Gasteiger partial charge is 0.325 e. The van der Waals surface area contributed by atoms with Gasteiger partial charge < -0.3 is 10.3 Å². The second-order valence-electron chi connectivity index (χ2n) is 6.61. The Kier molecular flexibility index (Phi) is 6.74. The predicted molar refractivity (Wildman–Crippen MR) is 112 cm³/mol. The van der Waals surface area contributed by atoms with Gasteiger partial charge in [0.1, 0.15) is 0 Å². The number of carbonyl (C=O) groups excluding carboxylic acids is 1. The number of nitrogens with zero attached hydrogens (tertiary/aromatic N) is 1. The number of hydrogen-bond donors (Lipinski definition) is 2. The fourth-order valence-electron chi connectivity index (χ4n) is 2.57. The monoisotopic (exact) mass is 483 g/mol. The Balaban J connectivity index is 1.74. The summed E-state index contributed by atoms with van der Waals surface area (Å²) >= 11 is 0.864. The Morgan fingerprint density at radius 1 is 1.16 bits per heavy atom. The number of halogens is 3. The highest BCUT2D eigenvalue weighted by atomic mass is 32.2. The van der Waals surface area contributed by atoms with Crippen molar-refractivity contribution in [2.24, 2.45) is 0 Å². The fraction of sp³-hybridized carbons (Fsp3) is 0.150. The van der Waals surface area contributed by atoms with E-state index < -0.39 is 36.9 Å². The van der Waals surface area contributed by atoms with Crippen LogP contribution in [-0.4, -0.2) is 30.0 Å². The second-order valence-corrected chi connectivity index (χ2v) is 9.50. The molecule has 1 aromatic heterocycles. The molecule has 7 nitrogen and oxygen atoms in total. The Bertz CT molecular complexity index is 1300. The molecule has 0 aliphatic rings. The lowest BCUT2D eigenvalue weighted by atomic mass is 10.2. The summed E-state index contributed by atoms with van der Waals surface area (Å²) in [6.45, 7) is 1.90. The molecule has 32 heavy (non-hydrogen) atoms. The topological polar surface area (TPSA) is 109 Å². The van der Waals surface area contributed by atoms with Crippen molar-refractivity contribution in [2.75, 3.05) is 11.1 Å². The molecule has 12 heteroatoms. The van der Waals surface area contributed by atoms with E-state index in [4.69, 9.17) is 0 Å².